The molecule has 0 aromatic heterocycles. The lowest BCUT2D eigenvalue weighted by atomic mass is 9.82. The largest absolute Gasteiger partial charge is 0.310 e. The Labute approximate surface area is 265 Å². The summed E-state index contributed by atoms with van der Waals surface area (Å²) in [5, 5.41) is 2.61. The minimum atomic E-state index is -0.0733. The van der Waals surface area contributed by atoms with Gasteiger partial charge in [-0.2, -0.15) is 0 Å². The molecule has 0 amide bonds. The van der Waals surface area contributed by atoms with Gasteiger partial charge in [-0.15, -0.1) is 0 Å². The van der Waals surface area contributed by atoms with Crippen LogP contribution >= 0.6 is 0 Å². The van der Waals surface area contributed by atoms with Gasteiger partial charge in [-0.05, 0) is 97.8 Å². The average Bonchev–Trinajstić information content (AvgIpc) is 3.58. The van der Waals surface area contributed by atoms with Crippen LogP contribution in [0.4, 0.5) is 17.1 Å². The van der Waals surface area contributed by atoms with Gasteiger partial charge in [-0.1, -0.05) is 135 Å². The van der Waals surface area contributed by atoms with Gasteiger partial charge in [0.05, 0.1) is 5.69 Å². The Bertz CT molecular complexity index is 2260. The van der Waals surface area contributed by atoms with Crippen LogP contribution in [0.3, 0.4) is 0 Å². The summed E-state index contributed by atoms with van der Waals surface area (Å²) in [6.45, 7) is 4.72. The molecule has 0 saturated carbocycles. The quantitative estimate of drug-likeness (QED) is 0.202. The van der Waals surface area contributed by atoms with Crippen molar-refractivity contribution in [3.05, 3.63) is 174 Å². The molecule has 2 aliphatic carbocycles. The van der Waals surface area contributed by atoms with Crippen LogP contribution in [0.25, 0.3) is 44.2 Å². The fourth-order valence-corrected chi connectivity index (χ4v) is 7.86. The zero-order valence-corrected chi connectivity index (χ0v) is 25.6. The Kier molecular flexibility index (Phi) is 5.67. The molecule has 7 aromatic carbocycles. The zero-order chi connectivity index (χ0) is 30.1. The van der Waals surface area contributed by atoms with E-state index in [1.165, 1.54) is 77.8 Å². The van der Waals surface area contributed by atoms with Crippen LogP contribution in [0.5, 0.6) is 0 Å². The van der Waals surface area contributed by atoms with Crippen molar-refractivity contribution in [3.8, 4) is 33.4 Å². The Morgan fingerprint density at radius 2 is 1.13 bits per heavy atom. The summed E-state index contributed by atoms with van der Waals surface area (Å²) in [5.74, 6) is 0. The van der Waals surface area contributed by atoms with Crippen molar-refractivity contribution in [2.24, 2.45) is 0 Å². The fraction of sp³-hybridized carbons (Fsp3) is 0.0909. The molecule has 0 bridgehead atoms. The molecule has 0 aliphatic heterocycles. The van der Waals surface area contributed by atoms with Gasteiger partial charge in [0, 0.05) is 22.2 Å². The highest BCUT2D eigenvalue weighted by molar-refractivity contribution is 6.04. The monoisotopic (exact) mass is 575 g/mol. The van der Waals surface area contributed by atoms with E-state index in [4.69, 9.17) is 0 Å². The molecule has 0 spiro atoms. The van der Waals surface area contributed by atoms with E-state index in [-0.39, 0.29) is 5.41 Å². The van der Waals surface area contributed by atoms with Gasteiger partial charge < -0.3 is 4.90 Å². The van der Waals surface area contributed by atoms with Crippen LogP contribution in [0.2, 0.25) is 0 Å². The van der Waals surface area contributed by atoms with Gasteiger partial charge in [-0.3, -0.25) is 0 Å². The van der Waals surface area contributed by atoms with E-state index >= 15 is 0 Å². The number of rotatable bonds is 4. The summed E-state index contributed by atoms with van der Waals surface area (Å²) in [6.07, 6.45) is 0.976. The molecule has 45 heavy (non-hydrogen) atoms. The highest BCUT2D eigenvalue weighted by Crippen LogP contribution is 2.51. The van der Waals surface area contributed by atoms with Gasteiger partial charge in [0.2, 0.25) is 0 Å². The van der Waals surface area contributed by atoms with Crippen molar-refractivity contribution in [2.75, 3.05) is 4.90 Å². The van der Waals surface area contributed by atoms with Crippen molar-refractivity contribution >= 4 is 27.8 Å². The molecular weight excluding hydrogens is 542 g/mol. The van der Waals surface area contributed by atoms with Crippen LogP contribution in [-0.4, -0.2) is 0 Å². The summed E-state index contributed by atoms with van der Waals surface area (Å²) in [5.41, 5.74) is 17.0. The first-order valence-electron chi connectivity index (χ1n) is 15.9. The number of fused-ring (bicyclic) bond motifs is 8. The van der Waals surface area contributed by atoms with Gasteiger partial charge in [0.1, 0.15) is 0 Å². The minimum absolute atomic E-state index is 0.0733. The minimum Gasteiger partial charge on any atom is -0.310 e. The maximum Gasteiger partial charge on any atom is 0.0540 e. The maximum absolute atomic E-state index is 2.46. The third kappa shape index (κ3) is 3.94. The lowest BCUT2D eigenvalue weighted by molar-refractivity contribution is 0.660. The summed E-state index contributed by atoms with van der Waals surface area (Å²) >= 11 is 0. The molecule has 0 heterocycles. The van der Waals surface area contributed by atoms with E-state index in [1.807, 2.05) is 0 Å². The Balaban J connectivity index is 1.24. The van der Waals surface area contributed by atoms with E-state index < -0.39 is 0 Å². The lowest BCUT2D eigenvalue weighted by Gasteiger charge is -2.29. The molecule has 0 radical (unpaired) electrons. The second kappa shape index (κ2) is 9.81. The highest BCUT2D eigenvalue weighted by atomic mass is 15.1. The number of nitrogens with zero attached hydrogens (tertiary/aromatic N) is 1. The Morgan fingerprint density at radius 1 is 0.467 bits per heavy atom. The maximum atomic E-state index is 2.46. The Hall–Kier alpha value is -5.40. The molecule has 7 aromatic rings. The molecule has 9 rings (SSSR count). The van der Waals surface area contributed by atoms with Crippen LogP contribution in [0.1, 0.15) is 36.1 Å². The molecule has 0 fully saturated rings. The molecule has 0 N–H and O–H groups in total. The van der Waals surface area contributed by atoms with Gasteiger partial charge in [0.25, 0.3) is 0 Å². The SMILES string of the molecule is CC1(C)c2ccccc2-c2ccc(N(c3ccc(-c4ccccc4)cc3)c3cccc4c5c(ccc34)-c3ccccc3C5)cc21. The first-order valence-corrected chi connectivity index (χ1v) is 15.9. The number of hydrogen-bond donors (Lipinski definition) is 0. The molecule has 1 nitrogen and oxygen atoms in total. The van der Waals surface area contributed by atoms with Crippen molar-refractivity contribution in [2.45, 2.75) is 25.7 Å². The number of anilines is 3. The molecule has 2 aliphatic rings. The Morgan fingerprint density at radius 3 is 1.98 bits per heavy atom. The van der Waals surface area contributed by atoms with Crippen molar-refractivity contribution in [1.82, 2.24) is 0 Å². The summed E-state index contributed by atoms with van der Waals surface area (Å²) in [4.78, 5) is 2.46. The normalized spacial score (nSPS) is 13.6. The van der Waals surface area contributed by atoms with E-state index in [2.05, 4.69) is 170 Å². The molecule has 0 unspecified atom stereocenters. The first-order chi connectivity index (χ1) is 22.1. The highest BCUT2D eigenvalue weighted by Gasteiger charge is 2.36. The van der Waals surface area contributed by atoms with Crippen molar-refractivity contribution in [1.29, 1.82) is 0 Å². The third-order valence-corrected chi connectivity index (χ3v) is 10.1. The van der Waals surface area contributed by atoms with Gasteiger partial charge >= 0.3 is 0 Å². The zero-order valence-electron chi connectivity index (χ0n) is 25.6. The third-order valence-electron chi connectivity index (χ3n) is 10.1. The number of benzene rings is 7. The van der Waals surface area contributed by atoms with E-state index in [0.717, 1.165) is 12.1 Å². The molecule has 1 heteroatoms. The number of hydrogen-bond acceptors (Lipinski definition) is 1. The second-order valence-electron chi connectivity index (χ2n) is 12.9. The molecule has 214 valence electrons. The second-order valence-corrected chi connectivity index (χ2v) is 12.9. The predicted molar refractivity (Wildman–Crippen MR) is 190 cm³/mol. The topological polar surface area (TPSA) is 3.24 Å². The van der Waals surface area contributed by atoms with Crippen molar-refractivity contribution < 1.29 is 0 Å². The standard InChI is InChI=1S/C44H33N/c1-44(2)41-17-9-8-15-37(41)38-24-23-33(28-42(38)44)45(32-21-19-30(20-22-32)29-11-4-3-5-12-29)43-18-10-16-35-39(43)26-25-36-34-14-7-6-13-31(34)27-40(35)36/h3-26,28H,27H2,1-2H3. The van der Waals surface area contributed by atoms with E-state index in [0.29, 0.717) is 0 Å². The van der Waals surface area contributed by atoms with E-state index in [9.17, 15) is 0 Å². The predicted octanol–water partition coefficient (Wildman–Crippen LogP) is 11.9. The van der Waals surface area contributed by atoms with Crippen LogP contribution in [0, 0.1) is 0 Å². The molecular formula is C44H33N. The van der Waals surface area contributed by atoms with Gasteiger partial charge in [0.15, 0.2) is 0 Å². The molecule has 0 saturated heterocycles. The van der Waals surface area contributed by atoms with Gasteiger partial charge in [-0.25, -0.2) is 0 Å². The summed E-state index contributed by atoms with van der Waals surface area (Å²) in [6, 6.07) is 56.0. The fourth-order valence-electron chi connectivity index (χ4n) is 7.86. The van der Waals surface area contributed by atoms with E-state index in [1.54, 1.807) is 0 Å². The van der Waals surface area contributed by atoms with Crippen LogP contribution in [0.15, 0.2) is 152 Å². The van der Waals surface area contributed by atoms with Crippen LogP contribution < -0.4 is 4.90 Å². The average molecular weight is 576 g/mol. The smallest absolute Gasteiger partial charge is 0.0540 e. The summed E-state index contributed by atoms with van der Waals surface area (Å²) in [7, 11) is 0. The molecule has 0 atom stereocenters. The summed E-state index contributed by atoms with van der Waals surface area (Å²) < 4.78 is 0. The van der Waals surface area contributed by atoms with Crippen molar-refractivity contribution in [3.63, 3.8) is 0 Å². The first kappa shape index (κ1) is 26.0. The van der Waals surface area contributed by atoms with Crippen LogP contribution in [-0.2, 0) is 11.8 Å². The lowest BCUT2D eigenvalue weighted by Crippen LogP contribution is -2.16.